The monoisotopic (exact) mass is 252 g/mol. The molecule has 1 aromatic carbocycles. The van der Waals surface area contributed by atoms with Gasteiger partial charge in [0.05, 0.1) is 20.3 Å². The van der Waals surface area contributed by atoms with Crippen LogP contribution >= 0.6 is 0 Å². The predicted octanol–water partition coefficient (Wildman–Crippen LogP) is 1.26. The molecule has 1 aromatic rings. The molecule has 0 fully saturated rings. The van der Waals surface area contributed by atoms with E-state index in [4.69, 9.17) is 9.47 Å². The Bertz CT molecular complexity index is 365. The lowest BCUT2D eigenvalue weighted by atomic mass is 10.3. The largest absolute Gasteiger partial charge is 0.497 e. The van der Waals surface area contributed by atoms with Gasteiger partial charge in [0.2, 0.25) is 5.91 Å². The number of carbonyl (C=O) groups is 1. The summed E-state index contributed by atoms with van der Waals surface area (Å²) in [6, 6.07) is 7.36. The number of benzene rings is 1. The third-order valence-electron chi connectivity index (χ3n) is 2.40. The summed E-state index contributed by atoms with van der Waals surface area (Å²) in [5.41, 5.74) is 0.752. The van der Waals surface area contributed by atoms with Crippen LogP contribution in [0.1, 0.15) is 6.92 Å². The fourth-order valence-corrected chi connectivity index (χ4v) is 1.46. The number of amides is 1. The van der Waals surface area contributed by atoms with Gasteiger partial charge in [-0.2, -0.15) is 0 Å². The second-order valence-corrected chi connectivity index (χ2v) is 4.01. The summed E-state index contributed by atoms with van der Waals surface area (Å²) in [6.07, 6.45) is 0. The summed E-state index contributed by atoms with van der Waals surface area (Å²) >= 11 is 0. The Hall–Kier alpha value is -1.59. The number of methoxy groups -OCH3 is 2. The van der Waals surface area contributed by atoms with Gasteiger partial charge in [0.25, 0.3) is 0 Å². The van der Waals surface area contributed by atoms with E-state index in [1.54, 1.807) is 38.5 Å². The topological polar surface area (TPSA) is 59.6 Å². The summed E-state index contributed by atoms with van der Waals surface area (Å²) in [5.74, 6) is 0.683. The van der Waals surface area contributed by atoms with Gasteiger partial charge in [-0.05, 0) is 31.2 Å². The van der Waals surface area contributed by atoms with Gasteiger partial charge >= 0.3 is 0 Å². The Balaban J connectivity index is 2.35. The van der Waals surface area contributed by atoms with Crippen LogP contribution in [0.4, 0.5) is 5.69 Å². The molecule has 1 amide bonds. The van der Waals surface area contributed by atoms with Crippen molar-refractivity contribution in [3.8, 4) is 5.75 Å². The van der Waals surface area contributed by atoms with Crippen LogP contribution < -0.4 is 15.4 Å². The molecule has 0 aliphatic rings. The van der Waals surface area contributed by atoms with Crippen LogP contribution in [0.5, 0.6) is 5.75 Å². The number of hydrogen-bond donors (Lipinski definition) is 2. The lowest BCUT2D eigenvalue weighted by Gasteiger charge is -2.12. The van der Waals surface area contributed by atoms with Gasteiger partial charge in [0.1, 0.15) is 5.75 Å². The second kappa shape index (κ2) is 7.68. The van der Waals surface area contributed by atoms with Gasteiger partial charge < -0.3 is 20.1 Å². The molecule has 1 rings (SSSR count). The van der Waals surface area contributed by atoms with E-state index in [1.165, 1.54) is 0 Å². The van der Waals surface area contributed by atoms with Gasteiger partial charge in [0.15, 0.2) is 0 Å². The van der Waals surface area contributed by atoms with Crippen molar-refractivity contribution in [1.29, 1.82) is 0 Å². The zero-order chi connectivity index (χ0) is 13.4. The van der Waals surface area contributed by atoms with Crippen LogP contribution in [-0.4, -0.2) is 39.3 Å². The first-order chi connectivity index (χ1) is 8.65. The van der Waals surface area contributed by atoms with Crippen molar-refractivity contribution in [2.45, 2.75) is 13.0 Å². The Morgan fingerprint density at radius 2 is 1.94 bits per heavy atom. The molecule has 0 heterocycles. The molecule has 18 heavy (non-hydrogen) atoms. The zero-order valence-electron chi connectivity index (χ0n) is 11.0. The molecule has 0 radical (unpaired) electrons. The SMILES string of the molecule is COCC(C)NCC(=O)Nc1ccc(OC)cc1. The number of rotatable bonds is 7. The van der Waals surface area contributed by atoms with E-state index in [9.17, 15) is 4.79 Å². The average Bonchev–Trinajstić information content (AvgIpc) is 2.38. The molecule has 5 heteroatoms. The summed E-state index contributed by atoms with van der Waals surface area (Å²) in [5, 5.41) is 5.86. The summed E-state index contributed by atoms with van der Waals surface area (Å²) < 4.78 is 10.0. The molecular weight excluding hydrogens is 232 g/mol. The highest BCUT2D eigenvalue weighted by molar-refractivity contribution is 5.92. The molecule has 0 bridgehead atoms. The maximum Gasteiger partial charge on any atom is 0.238 e. The van der Waals surface area contributed by atoms with Gasteiger partial charge in [0, 0.05) is 18.8 Å². The molecule has 100 valence electrons. The van der Waals surface area contributed by atoms with Crippen LogP contribution in [0.3, 0.4) is 0 Å². The first kappa shape index (κ1) is 14.5. The van der Waals surface area contributed by atoms with E-state index in [0.29, 0.717) is 6.61 Å². The smallest absolute Gasteiger partial charge is 0.238 e. The Morgan fingerprint density at radius 3 is 2.50 bits per heavy atom. The van der Waals surface area contributed by atoms with E-state index >= 15 is 0 Å². The first-order valence-corrected chi connectivity index (χ1v) is 5.82. The minimum absolute atomic E-state index is 0.0804. The van der Waals surface area contributed by atoms with Gasteiger partial charge in [-0.15, -0.1) is 0 Å². The van der Waals surface area contributed by atoms with Gasteiger partial charge in [-0.1, -0.05) is 0 Å². The van der Waals surface area contributed by atoms with Crippen molar-refractivity contribution < 1.29 is 14.3 Å². The standard InChI is InChI=1S/C13H20N2O3/c1-10(9-17-2)14-8-13(16)15-11-4-6-12(18-3)7-5-11/h4-7,10,14H,8-9H2,1-3H3,(H,15,16). The van der Waals surface area contributed by atoms with Crippen LogP contribution in [0.15, 0.2) is 24.3 Å². The number of hydrogen-bond acceptors (Lipinski definition) is 4. The minimum Gasteiger partial charge on any atom is -0.497 e. The van der Waals surface area contributed by atoms with Crippen molar-refractivity contribution in [2.24, 2.45) is 0 Å². The van der Waals surface area contributed by atoms with Crippen molar-refractivity contribution in [1.82, 2.24) is 5.32 Å². The van der Waals surface area contributed by atoms with E-state index < -0.39 is 0 Å². The predicted molar refractivity (Wildman–Crippen MR) is 71.0 cm³/mol. The molecule has 0 aliphatic heterocycles. The van der Waals surface area contributed by atoms with Crippen molar-refractivity contribution in [2.75, 3.05) is 32.7 Å². The van der Waals surface area contributed by atoms with E-state index in [2.05, 4.69) is 10.6 Å². The maximum absolute atomic E-state index is 11.6. The molecule has 2 N–H and O–H groups in total. The number of ether oxygens (including phenoxy) is 2. The van der Waals surface area contributed by atoms with Crippen molar-refractivity contribution in [3.05, 3.63) is 24.3 Å². The lowest BCUT2D eigenvalue weighted by Crippen LogP contribution is -2.36. The molecule has 0 spiro atoms. The Labute approximate surface area is 107 Å². The van der Waals surface area contributed by atoms with E-state index in [-0.39, 0.29) is 18.5 Å². The Morgan fingerprint density at radius 1 is 1.28 bits per heavy atom. The second-order valence-electron chi connectivity index (χ2n) is 4.01. The summed E-state index contributed by atoms with van der Waals surface area (Å²) in [4.78, 5) is 11.6. The average molecular weight is 252 g/mol. The number of nitrogens with one attached hydrogen (secondary N) is 2. The third kappa shape index (κ3) is 5.16. The highest BCUT2D eigenvalue weighted by Gasteiger charge is 2.05. The molecule has 1 atom stereocenters. The normalized spacial score (nSPS) is 11.9. The van der Waals surface area contributed by atoms with Gasteiger partial charge in [-0.3, -0.25) is 4.79 Å². The fraction of sp³-hybridized carbons (Fsp3) is 0.462. The minimum atomic E-state index is -0.0804. The van der Waals surface area contributed by atoms with Crippen LogP contribution in [-0.2, 0) is 9.53 Å². The number of anilines is 1. The zero-order valence-corrected chi connectivity index (χ0v) is 11.0. The highest BCUT2D eigenvalue weighted by Crippen LogP contribution is 2.14. The summed E-state index contributed by atoms with van der Waals surface area (Å²) in [6.45, 7) is 2.80. The molecule has 1 unspecified atom stereocenters. The Kier molecular flexibility index (Phi) is 6.18. The molecule has 0 aliphatic carbocycles. The maximum atomic E-state index is 11.6. The van der Waals surface area contributed by atoms with Crippen molar-refractivity contribution >= 4 is 11.6 Å². The summed E-state index contributed by atoms with van der Waals surface area (Å²) in [7, 11) is 3.24. The van der Waals surface area contributed by atoms with Crippen LogP contribution in [0, 0.1) is 0 Å². The molecule has 5 nitrogen and oxygen atoms in total. The van der Waals surface area contributed by atoms with E-state index in [1.807, 2.05) is 6.92 Å². The fourth-order valence-electron chi connectivity index (χ4n) is 1.46. The molecule has 0 aromatic heterocycles. The van der Waals surface area contributed by atoms with Crippen LogP contribution in [0.2, 0.25) is 0 Å². The molecular formula is C13H20N2O3. The van der Waals surface area contributed by atoms with Gasteiger partial charge in [-0.25, -0.2) is 0 Å². The number of carbonyl (C=O) groups excluding carboxylic acids is 1. The lowest BCUT2D eigenvalue weighted by molar-refractivity contribution is -0.115. The molecule has 0 saturated heterocycles. The van der Waals surface area contributed by atoms with Crippen LogP contribution in [0.25, 0.3) is 0 Å². The first-order valence-electron chi connectivity index (χ1n) is 5.82. The third-order valence-corrected chi connectivity index (χ3v) is 2.40. The highest BCUT2D eigenvalue weighted by atomic mass is 16.5. The van der Waals surface area contributed by atoms with E-state index in [0.717, 1.165) is 11.4 Å². The molecule has 0 saturated carbocycles. The quantitative estimate of drug-likeness (QED) is 0.767. The van der Waals surface area contributed by atoms with Crippen molar-refractivity contribution in [3.63, 3.8) is 0 Å².